The fourth-order valence-corrected chi connectivity index (χ4v) is 3.61. The number of nitrogens with zero attached hydrogens (tertiary/aromatic N) is 4. The van der Waals surface area contributed by atoms with E-state index in [0.717, 1.165) is 34.4 Å². The number of ether oxygens (including phenoxy) is 1. The highest BCUT2D eigenvalue weighted by atomic mass is 35.5. The number of benzene rings is 2. The smallest absolute Gasteiger partial charge is 0.316 e. The van der Waals surface area contributed by atoms with E-state index in [9.17, 15) is 0 Å². The molecule has 154 valence electrons. The predicted octanol–water partition coefficient (Wildman–Crippen LogP) is 4.79. The number of allylic oxidation sites excluding steroid dienone is 1. The monoisotopic (exact) mass is 431 g/mol. The molecule has 0 saturated heterocycles. The first-order valence-corrected chi connectivity index (χ1v) is 10.1. The summed E-state index contributed by atoms with van der Waals surface area (Å²) in [6, 6.07) is 15.9. The zero-order valence-electron chi connectivity index (χ0n) is 16.7. The lowest BCUT2D eigenvalue weighted by Crippen LogP contribution is -1.99. The summed E-state index contributed by atoms with van der Waals surface area (Å²) in [6.07, 6.45) is 4.58. The Kier molecular flexibility index (Phi) is 5.09. The highest BCUT2D eigenvalue weighted by Gasteiger charge is 2.20. The maximum absolute atomic E-state index is 6.04. The summed E-state index contributed by atoms with van der Waals surface area (Å²) in [6.45, 7) is 0.564. The van der Waals surface area contributed by atoms with Gasteiger partial charge in [0.1, 0.15) is 10.9 Å². The number of aromatic nitrogens is 4. The third kappa shape index (κ3) is 4.00. The van der Waals surface area contributed by atoms with Crippen molar-refractivity contribution in [2.45, 2.75) is 13.0 Å². The van der Waals surface area contributed by atoms with E-state index in [-0.39, 0.29) is 0 Å². The van der Waals surface area contributed by atoms with E-state index in [1.165, 1.54) is 5.56 Å². The zero-order valence-corrected chi connectivity index (χ0v) is 17.4. The van der Waals surface area contributed by atoms with Crippen molar-refractivity contribution in [3.8, 4) is 17.2 Å². The SMILES string of the molecule is COc1ccc(CNc2nnc(-c3ccc4c(c3)C(c3nccc(Cl)n3)=CC4)o2)cc1. The molecule has 0 spiro atoms. The quantitative estimate of drug-likeness (QED) is 0.439. The summed E-state index contributed by atoms with van der Waals surface area (Å²) in [4.78, 5) is 8.70. The van der Waals surface area contributed by atoms with Gasteiger partial charge in [-0.15, -0.1) is 5.10 Å². The van der Waals surface area contributed by atoms with E-state index in [2.05, 4.69) is 37.6 Å². The number of fused-ring (bicyclic) bond motifs is 1. The number of hydrogen-bond acceptors (Lipinski definition) is 7. The molecular formula is C23H18ClN5O2. The van der Waals surface area contributed by atoms with Crippen LogP contribution in [0.25, 0.3) is 17.0 Å². The molecule has 8 heteroatoms. The predicted molar refractivity (Wildman–Crippen MR) is 118 cm³/mol. The van der Waals surface area contributed by atoms with E-state index in [4.69, 9.17) is 20.8 Å². The second-order valence-corrected chi connectivity index (χ2v) is 7.40. The molecule has 0 radical (unpaired) electrons. The maximum atomic E-state index is 6.04. The van der Waals surface area contributed by atoms with Crippen molar-refractivity contribution < 1.29 is 9.15 Å². The van der Waals surface area contributed by atoms with E-state index >= 15 is 0 Å². The molecule has 0 atom stereocenters. The first kappa shape index (κ1) is 19.3. The summed E-state index contributed by atoms with van der Waals surface area (Å²) in [5.41, 5.74) is 5.11. The van der Waals surface area contributed by atoms with Gasteiger partial charge in [0.25, 0.3) is 0 Å². The lowest BCUT2D eigenvalue weighted by Gasteiger charge is -2.06. The number of hydrogen-bond donors (Lipinski definition) is 1. The minimum absolute atomic E-state index is 0.361. The van der Waals surface area contributed by atoms with Gasteiger partial charge in [-0.1, -0.05) is 41.0 Å². The van der Waals surface area contributed by atoms with Crippen molar-refractivity contribution in [1.82, 2.24) is 20.2 Å². The normalized spacial score (nSPS) is 12.4. The molecule has 0 fully saturated rings. The van der Waals surface area contributed by atoms with Gasteiger partial charge in [-0.3, -0.25) is 0 Å². The van der Waals surface area contributed by atoms with Gasteiger partial charge in [0.2, 0.25) is 5.89 Å². The van der Waals surface area contributed by atoms with Gasteiger partial charge in [-0.25, -0.2) is 9.97 Å². The molecule has 2 heterocycles. The molecule has 0 saturated carbocycles. The molecule has 5 rings (SSSR count). The Morgan fingerprint density at radius 1 is 1.10 bits per heavy atom. The first-order chi connectivity index (χ1) is 15.2. The van der Waals surface area contributed by atoms with Crippen LogP contribution < -0.4 is 10.1 Å². The van der Waals surface area contributed by atoms with Gasteiger partial charge in [0.05, 0.1) is 7.11 Å². The molecule has 31 heavy (non-hydrogen) atoms. The molecule has 0 amide bonds. The van der Waals surface area contributed by atoms with Crippen LogP contribution in [0, 0.1) is 0 Å². The Morgan fingerprint density at radius 3 is 2.77 bits per heavy atom. The lowest BCUT2D eigenvalue weighted by atomic mass is 10.0. The number of halogens is 1. The van der Waals surface area contributed by atoms with Crippen molar-refractivity contribution in [2.75, 3.05) is 12.4 Å². The molecule has 7 nitrogen and oxygen atoms in total. The molecule has 0 bridgehead atoms. The molecule has 2 aromatic carbocycles. The summed E-state index contributed by atoms with van der Waals surface area (Å²) >= 11 is 6.04. The first-order valence-electron chi connectivity index (χ1n) is 9.72. The molecule has 1 N–H and O–H groups in total. The van der Waals surface area contributed by atoms with Crippen molar-refractivity contribution in [3.05, 3.63) is 88.5 Å². The Hall–Kier alpha value is -3.71. The standard InChI is InChI=1S/C23H18ClN5O2/c1-30-17-7-2-14(3-8-17)13-26-23-29-28-22(31-23)16-5-4-15-6-9-18(19(15)12-16)21-25-11-10-20(24)27-21/h2-5,7-12H,6,13H2,1H3,(H,26,29). The summed E-state index contributed by atoms with van der Waals surface area (Å²) in [5.74, 6) is 1.87. The molecule has 4 aromatic rings. The van der Waals surface area contributed by atoms with E-state index in [0.29, 0.717) is 29.4 Å². The highest BCUT2D eigenvalue weighted by molar-refractivity contribution is 6.29. The van der Waals surface area contributed by atoms with Crippen LogP contribution in [0.2, 0.25) is 5.15 Å². The summed E-state index contributed by atoms with van der Waals surface area (Å²) in [5, 5.41) is 11.9. The van der Waals surface area contributed by atoms with Crippen molar-refractivity contribution in [1.29, 1.82) is 0 Å². The van der Waals surface area contributed by atoms with E-state index in [1.807, 2.05) is 36.4 Å². The lowest BCUT2D eigenvalue weighted by molar-refractivity contribution is 0.414. The van der Waals surface area contributed by atoms with Gasteiger partial charge >= 0.3 is 6.01 Å². The molecule has 0 unspecified atom stereocenters. The van der Waals surface area contributed by atoms with E-state index in [1.54, 1.807) is 19.4 Å². The number of nitrogens with one attached hydrogen (secondary N) is 1. The van der Waals surface area contributed by atoms with Crippen LogP contribution >= 0.6 is 11.6 Å². The van der Waals surface area contributed by atoms with Crippen LogP contribution in [0.3, 0.4) is 0 Å². The zero-order chi connectivity index (χ0) is 21.2. The van der Waals surface area contributed by atoms with Gasteiger partial charge in [-0.2, -0.15) is 0 Å². The Balaban J connectivity index is 1.34. The second kappa shape index (κ2) is 8.20. The van der Waals surface area contributed by atoms with Gasteiger partial charge in [-0.05, 0) is 53.4 Å². The van der Waals surface area contributed by atoms with Crippen molar-refractivity contribution in [2.24, 2.45) is 0 Å². The van der Waals surface area contributed by atoms with Crippen LogP contribution in [-0.4, -0.2) is 27.3 Å². The summed E-state index contributed by atoms with van der Waals surface area (Å²) < 4.78 is 11.0. The minimum atomic E-state index is 0.361. The number of methoxy groups -OCH3 is 1. The Morgan fingerprint density at radius 2 is 1.97 bits per heavy atom. The largest absolute Gasteiger partial charge is 0.497 e. The van der Waals surface area contributed by atoms with Crippen LogP contribution in [0.5, 0.6) is 5.75 Å². The Bertz CT molecular complexity index is 1270. The van der Waals surface area contributed by atoms with Crippen molar-refractivity contribution in [3.63, 3.8) is 0 Å². The fraction of sp³-hybridized carbons (Fsp3) is 0.130. The van der Waals surface area contributed by atoms with Crippen LogP contribution in [0.15, 0.2) is 65.2 Å². The number of anilines is 1. The summed E-state index contributed by atoms with van der Waals surface area (Å²) in [7, 11) is 1.65. The molecular weight excluding hydrogens is 414 g/mol. The van der Waals surface area contributed by atoms with Crippen LogP contribution in [0.4, 0.5) is 6.01 Å². The highest BCUT2D eigenvalue weighted by Crippen LogP contribution is 2.34. The maximum Gasteiger partial charge on any atom is 0.316 e. The average molecular weight is 432 g/mol. The Labute approximate surface area is 183 Å². The molecule has 0 aliphatic heterocycles. The number of rotatable bonds is 6. The fourth-order valence-electron chi connectivity index (χ4n) is 3.47. The van der Waals surface area contributed by atoms with Gasteiger partial charge in [0, 0.05) is 23.9 Å². The minimum Gasteiger partial charge on any atom is -0.497 e. The van der Waals surface area contributed by atoms with Crippen LogP contribution in [0.1, 0.15) is 22.5 Å². The molecule has 2 aromatic heterocycles. The van der Waals surface area contributed by atoms with Crippen molar-refractivity contribution >= 4 is 23.2 Å². The van der Waals surface area contributed by atoms with Gasteiger partial charge in [0.15, 0.2) is 5.82 Å². The molecule has 1 aliphatic carbocycles. The topological polar surface area (TPSA) is 86.0 Å². The third-order valence-corrected chi connectivity index (χ3v) is 5.27. The van der Waals surface area contributed by atoms with Crippen LogP contribution in [-0.2, 0) is 13.0 Å². The van der Waals surface area contributed by atoms with Gasteiger partial charge < -0.3 is 14.5 Å². The second-order valence-electron chi connectivity index (χ2n) is 7.01. The van der Waals surface area contributed by atoms with E-state index < -0.39 is 0 Å². The third-order valence-electron chi connectivity index (χ3n) is 5.06. The molecule has 1 aliphatic rings. The average Bonchev–Trinajstić information content (AvgIpc) is 3.45.